The molecule has 8 nitrogen and oxygen atoms in total. The van der Waals surface area contributed by atoms with Crippen molar-refractivity contribution >= 4 is 18.0 Å². The number of ether oxygens (including phenoxy) is 1. The first-order valence-corrected chi connectivity index (χ1v) is 6.08. The molecule has 2 amide bonds. The van der Waals surface area contributed by atoms with E-state index in [1.807, 2.05) is 11.4 Å². The summed E-state index contributed by atoms with van der Waals surface area (Å²) in [6.45, 7) is -1.23. The largest absolute Gasteiger partial charge is 0.548 e. The minimum Gasteiger partial charge on any atom is -0.548 e. The summed E-state index contributed by atoms with van der Waals surface area (Å²) in [6.07, 6.45) is -0.817. The van der Waals surface area contributed by atoms with Gasteiger partial charge in [-0.05, 0) is 5.56 Å². The lowest BCUT2D eigenvalue weighted by Gasteiger charge is -2.17. The smallest absolute Gasteiger partial charge is 0.407 e. The molecule has 0 saturated heterocycles. The molecule has 0 aliphatic heterocycles. The van der Waals surface area contributed by atoms with Gasteiger partial charge < -0.3 is 30.4 Å². The van der Waals surface area contributed by atoms with Crippen LogP contribution in [-0.4, -0.2) is 42.3 Å². The zero-order valence-electron chi connectivity index (χ0n) is 11.1. The first-order valence-electron chi connectivity index (χ1n) is 6.08. The number of carboxylic acids is 1. The Labute approximate surface area is 120 Å². The predicted octanol–water partition coefficient (Wildman–Crippen LogP) is -1.86. The lowest BCUT2D eigenvalue weighted by Crippen LogP contribution is -2.52. The molecule has 8 heteroatoms. The molecule has 0 unspecified atom stereocenters. The van der Waals surface area contributed by atoms with E-state index in [2.05, 4.69) is 5.32 Å². The van der Waals surface area contributed by atoms with E-state index >= 15 is 0 Å². The highest BCUT2D eigenvalue weighted by Crippen LogP contribution is 2.00. The van der Waals surface area contributed by atoms with Crippen LogP contribution in [0.1, 0.15) is 5.56 Å². The van der Waals surface area contributed by atoms with E-state index in [0.29, 0.717) is 0 Å². The molecule has 1 aromatic rings. The normalized spacial score (nSPS) is 11.3. The number of alkyl carbamates (subject to hydrolysis) is 1. The fourth-order valence-electron chi connectivity index (χ4n) is 1.35. The maximum Gasteiger partial charge on any atom is 0.407 e. The van der Waals surface area contributed by atoms with Crippen molar-refractivity contribution in [2.75, 3.05) is 13.2 Å². The third-order valence-corrected chi connectivity index (χ3v) is 2.41. The monoisotopic (exact) mass is 295 g/mol. The van der Waals surface area contributed by atoms with Crippen LogP contribution in [0.25, 0.3) is 0 Å². The number of rotatable bonds is 7. The van der Waals surface area contributed by atoms with Gasteiger partial charge in [-0.15, -0.1) is 0 Å². The van der Waals surface area contributed by atoms with Crippen LogP contribution in [0.2, 0.25) is 0 Å². The number of hydrogen-bond donors (Lipinski definition) is 3. The average Bonchev–Trinajstić information content (AvgIpc) is 2.49. The molecule has 0 fully saturated rings. The van der Waals surface area contributed by atoms with Crippen molar-refractivity contribution < 1.29 is 29.3 Å². The quantitative estimate of drug-likeness (QED) is 0.541. The molecule has 0 bridgehead atoms. The summed E-state index contributed by atoms with van der Waals surface area (Å²) in [5, 5.41) is 23.3. The van der Waals surface area contributed by atoms with Crippen molar-refractivity contribution in [3.63, 3.8) is 0 Å². The molecule has 0 radical (unpaired) electrons. The van der Waals surface area contributed by atoms with Crippen LogP contribution in [-0.2, 0) is 20.9 Å². The number of aliphatic hydroxyl groups is 1. The number of carbonyl (C=O) groups is 3. The Morgan fingerprint density at radius 1 is 1.24 bits per heavy atom. The molecule has 0 spiro atoms. The molecular weight excluding hydrogens is 280 g/mol. The van der Waals surface area contributed by atoms with Crippen LogP contribution in [0.4, 0.5) is 4.79 Å². The number of carboxylic acid groups (broad SMARTS) is 1. The van der Waals surface area contributed by atoms with Crippen molar-refractivity contribution in [3.8, 4) is 0 Å². The second-order valence-corrected chi connectivity index (χ2v) is 4.04. The van der Waals surface area contributed by atoms with Gasteiger partial charge in [-0.3, -0.25) is 4.79 Å². The SMILES string of the molecule is O=C(CNC(=O)OCc1ccccc1)N[C@@H](CO)C(=O)[O-]. The minimum atomic E-state index is -1.61. The fraction of sp³-hybridized carbons (Fsp3) is 0.308. The molecule has 1 atom stereocenters. The van der Waals surface area contributed by atoms with Crippen molar-refractivity contribution in [1.29, 1.82) is 0 Å². The summed E-state index contributed by atoms with van der Waals surface area (Å²) in [6, 6.07) is 7.43. The number of hydrogen-bond acceptors (Lipinski definition) is 6. The molecule has 3 N–H and O–H groups in total. The minimum absolute atomic E-state index is 0.0482. The maximum atomic E-state index is 11.3. The van der Waals surface area contributed by atoms with E-state index in [1.165, 1.54) is 0 Å². The molecule has 21 heavy (non-hydrogen) atoms. The lowest BCUT2D eigenvalue weighted by molar-refractivity contribution is -0.309. The van der Waals surface area contributed by atoms with Crippen molar-refractivity contribution in [1.82, 2.24) is 10.6 Å². The van der Waals surface area contributed by atoms with Crippen molar-refractivity contribution in [3.05, 3.63) is 35.9 Å². The number of nitrogens with one attached hydrogen (secondary N) is 2. The molecule has 0 aliphatic rings. The zero-order valence-corrected chi connectivity index (χ0v) is 11.1. The summed E-state index contributed by atoms with van der Waals surface area (Å²) >= 11 is 0. The van der Waals surface area contributed by atoms with Crippen LogP contribution < -0.4 is 15.7 Å². The van der Waals surface area contributed by atoms with Gasteiger partial charge in [0.25, 0.3) is 0 Å². The lowest BCUT2D eigenvalue weighted by atomic mass is 10.2. The highest BCUT2D eigenvalue weighted by Gasteiger charge is 2.13. The Morgan fingerprint density at radius 2 is 1.90 bits per heavy atom. The van der Waals surface area contributed by atoms with Crippen LogP contribution in [0.3, 0.4) is 0 Å². The van der Waals surface area contributed by atoms with E-state index in [9.17, 15) is 19.5 Å². The Kier molecular flexibility index (Phi) is 6.69. The summed E-state index contributed by atoms with van der Waals surface area (Å²) in [5.41, 5.74) is 0.786. The molecular formula is C13H15N2O6-. The van der Waals surface area contributed by atoms with Crippen molar-refractivity contribution in [2.24, 2.45) is 0 Å². The second kappa shape index (κ2) is 8.54. The van der Waals surface area contributed by atoms with Gasteiger partial charge in [0, 0.05) is 0 Å². The van der Waals surface area contributed by atoms with Gasteiger partial charge in [0.05, 0.1) is 18.6 Å². The van der Waals surface area contributed by atoms with E-state index in [4.69, 9.17) is 9.84 Å². The number of aliphatic hydroxyl groups excluding tert-OH is 1. The van der Waals surface area contributed by atoms with E-state index in [1.54, 1.807) is 24.3 Å². The molecule has 0 heterocycles. The Morgan fingerprint density at radius 3 is 2.48 bits per heavy atom. The van der Waals surface area contributed by atoms with E-state index < -0.39 is 37.2 Å². The van der Waals surface area contributed by atoms with Gasteiger partial charge in [-0.2, -0.15) is 0 Å². The van der Waals surface area contributed by atoms with Crippen LogP contribution in [0.5, 0.6) is 0 Å². The zero-order chi connectivity index (χ0) is 15.7. The van der Waals surface area contributed by atoms with Gasteiger partial charge in [0.2, 0.25) is 5.91 Å². The van der Waals surface area contributed by atoms with Gasteiger partial charge in [-0.1, -0.05) is 30.3 Å². The van der Waals surface area contributed by atoms with E-state index in [0.717, 1.165) is 5.56 Å². The van der Waals surface area contributed by atoms with Crippen LogP contribution in [0, 0.1) is 0 Å². The summed E-state index contributed by atoms with van der Waals surface area (Å²) in [5.74, 6) is -2.40. The van der Waals surface area contributed by atoms with Gasteiger partial charge in [-0.25, -0.2) is 4.79 Å². The van der Waals surface area contributed by atoms with Crippen molar-refractivity contribution in [2.45, 2.75) is 12.6 Å². The standard InChI is InChI=1S/C13H16N2O6/c16-7-10(12(18)19)15-11(17)6-14-13(20)21-8-9-4-2-1-3-5-9/h1-5,10,16H,6-8H2,(H,14,20)(H,15,17)(H,18,19)/p-1/t10-/m0/s1. The highest BCUT2D eigenvalue weighted by molar-refractivity contribution is 5.86. The number of amides is 2. The summed E-state index contributed by atoms with van der Waals surface area (Å²) in [7, 11) is 0. The Balaban J connectivity index is 2.26. The highest BCUT2D eigenvalue weighted by atomic mass is 16.5. The third-order valence-electron chi connectivity index (χ3n) is 2.41. The number of carbonyl (C=O) groups excluding carboxylic acids is 3. The molecule has 0 saturated carbocycles. The number of aliphatic carboxylic acids is 1. The molecule has 0 aliphatic carbocycles. The average molecular weight is 295 g/mol. The summed E-state index contributed by atoms with van der Waals surface area (Å²) in [4.78, 5) is 33.1. The first kappa shape index (κ1) is 16.4. The predicted molar refractivity (Wildman–Crippen MR) is 68.7 cm³/mol. The Hall–Kier alpha value is -2.61. The van der Waals surface area contributed by atoms with Crippen LogP contribution in [0.15, 0.2) is 30.3 Å². The van der Waals surface area contributed by atoms with Gasteiger partial charge in [0.15, 0.2) is 0 Å². The molecule has 0 aromatic heterocycles. The fourth-order valence-corrected chi connectivity index (χ4v) is 1.35. The number of benzene rings is 1. The van der Waals surface area contributed by atoms with Gasteiger partial charge in [0.1, 0.15) is 13.2 Å². The van der Waals surface area contributed by atoms with E-state index in [-0.39, 0.29) is 6.61 Å². The molecule has 1 rings (SSSR count). The topological polar surface area (TPSA) is 128 Å². The van der Waals surface area contributed by atoms with Crippen LogP contribution >= 0.6 is 0 Å². The first-order chi connectivity index (χ1) is 10.0. The molecule has 1 aromatic carbocycles. The second-order valence-electron chi connectivity index (χ2n) is 4.04. The Bertz CT molecular complexity index is 491. The van der Waals surface area contributed by atoms with Gasteiger partial charge >= 0.3 is 6.09 Å². The molecule has 114 valence electrons. The maximum absolute atomic E-state index is 11.3. The third kappa shape index (κ3) is 6.39. The summed E-state index contributed by atoms with van der Waals surface area (Å²) < 4.78 is 4.85.